The predicted octanol–water partition coefficient (Wildman–Crippen LogP) is 3.44. The summed E-state index contributed by atoms with van der Waals surface area (Å²) in [4.78, 5) is 11.3. The van der Waals surface area contributed by atoms with Gasteiger partial charge in [-0.1, -0.05) is 62.2 Å². The lowest BCUT2D eigenvalue weighted by Gasteiger charge is -2.32. The lowest BCUT2D eigenvalue weighted by Crippen LogP contribution is -2.38. The van der Waals surface area contributed by atoms with Crippen LogP contribution in [0.5, 0.6) is 0 Å². The average Bonchev–Trinajstić information content (AvgIpc) is 2.49. The van der Waals surface area contributed by atoms with Crippen LogP contribution in [0.15, 0.2) is 42.5 Å². The number of rotatable bonds is 6. The molecule has 114 valence electrons. The Morgan fingerprint density at radius 1 is 1.38 bits per heavy atom. The van der Waals surface area contributed by atoms with Crippen molar-refractivity contribution in [1.82, 2.24) is 0 Å². The third-order valence-corrected chi connectivity index (χ3v) is 4.02. The van der Waals surface area contributed by atoms with Gasteiger partial charge >= 0.3 is 5.97 Å². The number of unbranched alkanes of at least 4 members (excludes halogenated alkanes) is 2. The predicted molar refractivity (Wildman–Crippen MR) is 82.9 cm³/mol. The van der Waals surface area contributed by atoms with Gasteiger partial charge < -0.3 is 9.84 Å². The van der Waals surface area contributed by atoms with Gasteiger partial charge in [-0.2, -0.15) is 0 Å². The van der Waals surface area contributed by atoms with Crippen LogP contribution >= 0.6 is 0 Å². The molecule has 2 unspecified atom stereocenters. The van der Waals surface area contributed by atoms with Gasteiger partial charge in [0.2, 0.25) is 0 Å². The van der Waals surface area contributed by atoms with Crippen molar-refractivity contribution >= 4 is 5.97 Å². The van der Waals surface area contributed by atoms with Gasteiger partial charge in [0.25, 0.3) is 0 Å². The van der Waals surface area contributed by atoms with Crippen molar-refractivity contribution in [3.8, 4) is 0 Å². The summed E-state index contributed by atoms with van der Waals surface area (Å²) in [7, 11) is 0. The lowest BCUT2D eigenvalue weighted by molar-refractivity contribution is -0.157. The van der Waals surface area contributed by atoms with E-state index in [0.29, 0.717) is 0 Å². The number of cyclic esters (lactones) is 1. The summed E-state index contributed by atoms with van der Waals surface area (Å²) in [6, 6.07) is 10.1. The molecule has 0 aliphatic carbocycles. The molecule has 21 heavy (non-hydrogen) atoms. The number of carbonyl (C=O) groups excluding carboxylic acids is 1. The number of ether oxygens (including phenoxy) is 1. The van der Waals surface area contributed by atoms with Crippen molar-refractivity contribution in [2.75, 3.05) is 6.61 Å². The van der Waals surface area contributed by atoms with Crippen LogP contribution in [0.3, 0.4) is 0 Å². The van der Waals surface area contributed by atoms with Crippen LogP contribution in [-0.2, 0) is 9.53 Å². The minimum Gasteiger partial charge on any atom is -0.465 e. The Kier molecular flexibility index (Phi) is 6.00. The second-order valence-corrected chi connectivity index (χ2v) is 5.63. The number of aliphatic hydroxyl groups is 1. The molecular weight excluding hydrogens is 264 g/mol. The molecule has 0 spiro atoms. The SMILES string of the molecule is CCCC/C=C/[C@@H](c1ccccc1)C1COC(=O)CC1O. The van der Waals surface area contributed by atoms with E-state index >= 15 is 0 Å². The number of aliphatic hydroxyl groups excluding tert-OH is 1. The fourth-order valence-corrected chi connectivity index (χ4v) is 2.77. The first-order valence-corrected chi connectivity index (χ1v) is 7.77. The highest BCUT2D eigenvalue weighted by Crippen LogP contribution is 2.33. The largest absolute Gasteiger partial charge is 0.465 e. The summed E-state index contributed by atoms with van der Waals surface area (Å²) in [5.41, 5.74) is 1.16. The van der Waals surface area contributed by atoms with Gasteiger partial charge in [0, 0.05) is 11.8 Å². The van der Waals surface area contributed by atoms with Gasteiger partial charge in [-0.3, -0.25) is 4.79 Å². The molecule has 3 heteroatoms. The quantitative estimate of drug-likeness (QED) is 0.495. The summed E-state index contributed by atoms with van der Waals surface area (Å²) < 4.78 is 5.16. The van der Waals surface area contributed by atoms with E-state index in [4.69, 9.17) is 4.74 Å². The molecule has 2 rings (SSSR count). The number of carbonyl (C=O) groups is 1. The first-order chi connectivity index (χ1) is 10.2. The normalized spacial score (nSPS) is 24.0. The molecule has 1 aromatic rings. The monoisotopic (exact) mass is 288 g/mol. The second kappa shape index (κ2) is 7.99. The average molecular weight is 288 g/mol. The molecule has 1 aliphatic rings. The molecule has 0 bridgehead atoms. The standard InChI is InChI=1S/C18H24O3/c1-2-3-4-8-11-15(14-9-6-5-7-10-14)16-13-21-18(20)12-17(16)19/h5-11,15-17,19H,2-4,12-13H2,1H3/b11-8+/t15-,16?,17?/m0/s1. The minimum atomic E-state index is -0.632. The van der Waals surface area contributed by atoms with Crippen LogP contribution in [-0.4, -0.2) is 23.8 Å². The van der Waals surface area contributed by atoms with Crippen molar-refractivity contribution in [2.24, 2.45) is 5.92 Å². The molecule has 1 aliphatic heterocycles. The Balaban J connectivity index is 2.15. The number of allylic oxidation sites excluding steroid dienone is 2. The van der Waals surface area contributed by atoms with E-state index in [1.165, 1.54) is 12.8 Å². The van der Waals surface area contributed by atoms with Crippen molar-refractivity contribution in [1.29, 1.82) is 0 Å². The van der Waals surface area contributed by atoms with E-state index < -0.39 is 6.10 Å². The molecule has 1 heterocycles. The molecular formula is C18H24O3. The molecule has 3 atom stereocenters. The summed E-state index contributed by atoms with van der Waals surface area (Å²) in [6.07, 6.45) is 7.19. The molecule has 1 N–H and O–H groups in total. The summed E-state index contributed by atoms with van der Waals surface area (Å²) >= 11 is 0. The van der Waals surface area contributed by atoms with Gasteiger partial charge in [0.05, 0.1) is 19.1 Å². The Morgan fingerprint density at radius 2 is 2.14 bits per heavy atom. The molecule has 0 aromatic heterocycles. The van der Waals surface area contributed by atoms with Gasteiger partial charge in [0.1, 0.15) is 0 Å². The second-order valence-electron chi connectivity index (χ2n) is 5.63. The fraction of sp³-hybridized carbons (Fsp3) is 0.500. The van der Waals surface area contributed by atoms with E-state index in [0.717, 1.165) is 12.0 Å². The zero-order valence-electron chi connectivity index (χ0n) is 12.6. The summed E-state index contributed by atoms with van der Waals surface area (Å²) in [6.45, 7) is 2.46. The van der Waals surface area contributed by atoms with Crippen LogP contribution in [0, 0.1) is 5.92 Å². The van der Waals surface area contributed by atoms with E-state index in [2.05, 4.69) is 31.2 Å². The fourth-order valence-electron chi connectivity index (χ4n) is 2.77. The van der Waals surface area contributed by atoms with E-state index in [-0.39, 0.29) is 30.8 Å². The number of esters is 1. The Morgan fingerprint density at radius 3 is 2.81 bits per heavy atom. The first kappa shape index (κ1) is 15.8. The zero-order valence-corrected chi connectivity index (χ0v) is 12.6. The van der Waals surface area contributed by atoms with Crippen LogP contribution in [0.25, 0.3) is 0 Å². The molecule has 0 saturated carbocycles. The topological polar surface area (TPSA) is 46.5 Å². The maximum absolute atomic E-state index is 11.3. The highest BCUT2D eigenvalue weighted by Gasteiger charge is 2.34. The van der Waals surface area contributed by atoms with Gasteiger partial charge in [0.15, 0.2) is 0 Å². The molecule has 0 amide bonds. The Bertz CT molecular complexity index is 467. The number of hydrogen-bond acceptors (Lipinski definition) is 3. The maximum Gasteiger partial charge on any atom is 0.308 e. The summed E-state index contributed by atoms with van der Waals surface area (Å²) in [5, 5.41) is 10.2. The molecule has 1 saturated heterocycles. The third-order valence-electron chi connectivity index (χ3n) is 4.02. The minimum absolute atomic E-state index is 0.0667. The van der Waals surface area contributed by atoms with Gasteiger partial charge in [-0.25, -0.2) is 0 Å². The smallest absolute Gasteiger partial charge is 0.308 e. The Labute approximate surface area is 126 Å². The van der Waals surface area contributed by atoms with Crippen molar-refractivity contribution in [3.05, 3.63) is 48.0 Å². The molecule has 0 radical (unpaired) electrons. The lowest BCUT2D eigenvalue weighted by atomic mass is 9.80. The number of hydrogen-bond donors (Lipinski definition) is 1. The van der Waals surface area contributed by atoms with Crippen LogP contribution in [0.4, 0.5) is 0 Å². The zero-order chi connectivity index (χ0) is 15.1. The van der Waals surface area contributed by atoms with E-state index in [1.54, 1.807) is 0 Å². The van der Waals surface area contributed by atoms with Crippen LogP contribution in [0.2, 0.25) is 0 Å². The highest BCUT2D eigenvalue weighted by atomic mass is 16.5. The molecule has 3 nitrogen and oxygen atoms in total. The van der Waals surface area contributed by atoms with Gasteiger partial charge in [-0.05, 0) is 12.0 Å². The summed E-state index contributed by atoms with van der Waals surface area (Å²) in [5.74, 6) is -0.283. The molecule has 1 aromatic carbocycles. The number of benzene rings is 1. The van der Waals surface area contributed by atoms with Crippen molar-refractivity contribution in [3.63, 3.8) is 0 Å². The Hall–Kier alpha value is -1.61. The highest BCUT2D eigenvalue weighted by molar-refractivity contribution is 5.70. The molecule has 1 fully saturated rings. The van der Waals surface area contributed by atoms with E-state index in [1.807, 2.05) is 18.2 Å². The van der Waals surface area contributed by atoms with Crippen LogP contribution < -0.4 is 0 Å². The maximum atomic E-state index is 11.3. The van der Waals surface area contributed by atoms with Crippen LogP contribution in [0.1, 0.15) is 44.1 Å². The van der Waals surface area contributed by atoms with Gasteiger partial charge in [-0.15, -0.1) is 0 Å². The van der Waals surface area contributed by atoms with E-state index in [9.17, 15) is 9.90 Å². The van der Waals surface area contributed by atoms with Crippen molar-refractivity contribution in [2.45, 2.75) is 44.6 Å². The third kappa shape index (κ3) is 4.43. The van der Waals surface area contributed by atoms with Crippen molar-refractivity contribution < 1.29 is 14.6 Å². The first-order valence-electron chi connectivity index (χ1n) is 7.77.